The van der Waals surface area contributed by atoms with E-state index in [2.05, 4.69) is 64.4 Å². The van der Waals surface area contributed by atoms with Gasteiger partial charge in [-0.3, -0.25) is 0 Å². The van der Waals surface area contributed by atoms with Gasteiger partial charge in [-0.2, -0.15) is 10.5 Å². The highest BCUT2D eigenvalue weighted by atomic mass is 127. The minimum Gasteiger partial charge on any atom is -0.341 e. The molecule has 0 fully saturated rings. The van der Waals surface area contributed by atoms with Crippen molar-refractivity contribution in [2.45, 2.75) is 13.5 Å². The van der Waals surface area contributed by atoms with Crippen molar-refractivity contribution in [2.24, 2.45) is 0 Å². The van der Waals surface area contributed by atoms with Crippen molar-refractivity contribution < 1.29 is 0 Å². The lowest BCUT2D eigenvalue weighted by Gasteiger charge is -2.02. The second-order valence-electron chi connectivity index (χ2n) is 4.96. The summed E-state index contributed by atoms with van der Waals surface area (Å²) in [6, 6.07) is 16.3. The first kappa shape index (κ1) is 14.6. The summed E-state index contributed by atoms with van der Waals surface area (Å²) in [4.78, 5) is 0. The minimum atomic E-state index is 0.119. The molecule has 0 aliphatic carbocycles. The van der Waals surface area contributed by atoms with Crippen LogP contribution in [-0.4, -0.2) is 4.57 Å². The molecule has 0 atom stereocenters. The van der Waals surface area contributed by atoms with Crippen LogP contribution in [0.3, 0.4) is 0 Å². The number of hydrogen-bond acceptors (Lipinski definition) is 2. The van der Waals surface area contributed by atoms with Gasteiger partial charge < -0.3 is 4.57 Å². The summed E-state index contributed by atoms with van der Waals surface area (Å²) in [6.45, 7) is 3.03. The van der Waals surface area contributed by atoms with Crippen LogP contribution in [0, 0.1) is 26.2 Å². The molecular weight excluding hydrogens is 385 g/mol. The zero-order chi connectivity index (χ0) is 15.7. The standard InChI is InChI=1S/C18H12IN3/c1-2-22-17-5-3-12(7-13(10-20)11-21)8-15(17)16-9-14(19)4-6-18(16)22/h3-9H,2H2,1H3. The number of fused-ring (bicyclic) bond motifs is 3. The quantitative estimate of drug-likeness (QED) is 0.459. The van der Waals surface area contributed by atoms with Crippen LogP contribution >= 0.6 is 22.6 Å². The third kappa shape index (κ3) is 2.36. The van der Waals surface area contributed by atoms with Gasteiger partial charge in [0.15, 0.2) is 0 Å². The molecule has 1 aromatic heterocycles. The highest BCUT2D eigenvalue weighted by Gasteiger charge is 2.10. The molecule has 0 saturated carbocycles. The average molecular weight is 397 g/mol. The maximum atomic E-state index is 8.91. The van der Waals surface area contributed by atoms with Crippen LogP contribution in [0.5, 0.6) is 0 Å². The van der Waals surface area contributed by atoms with Crippen molar-refractivity contribution in [1.29, 1.82) is 10.5 Å². The van der Waals surface area contributed by atoms with Crippen molar-refractivity contribution in [3.63, 3.8) is 0 Å². The first-order valence-corrected chi connectivity index (χ1v) is 7.99. The summed E-state index contributed by atoms with van der Waals surface area (Å²) >= 11 is 2.32. The minimum absolute atomic E-state index is 0.119. The number of nitriles is 2. The predicted molar refractivity (Wildman–Crippen MR) is 97.0 cm³/mol. The van der Waals surface area contributed by atoms with Gasteiger partial charge in [-0.15, -0.1) is 0 Å². The van der Waals surface area contributed by atoms with Crippen LogP contribution in [0.2, 0.25) is 0 Å². The van der Waals surface area contributed by atoms with Gasteiger partial charge in [-0.1, -0.05) is 6.07 Å². The van der Waals surface area contributed by atoms with Crippen molar-refractivity contribution in [3.8, 4) is 12.1 Å². The third-order valence-corrected chi connectivity index (χ3v) is 4.39. The Morgan fingerprint density at radius 3 is 2.36 bits per heavy atom. The molecule has 4 heteroatoms. The van der Waals surface area contributed by atoms with Crippen molar-refractivity contribution >= 4 is 50.5 Å². The summed E-state index contributed by atoms with van der Waals surface area (Å²) in [5.74, 6) is 0. The van der Waals surface area contributed by atoms with Gasteiger partial charge in [0.1, 0.15) is 17.7 Å². The number of hydrogen-bond donors (Lipinski definition) is 0. The Kier molecular flexibility index (Phi) is 3.87. The zero-order valence-electron chi connectivity index (χ0n) is 12.0. The fourth-order valence-electron chi connectivity index (χ4n) is 2.78. The first-order valence-electron chi connectivity index (χ1n) is 6.91. The summed E-state index contributed by atoms with van der Waals surface area (Å²) in [6.07, 6.45) is 1.63. The molecule has 3 rings (SSSR count). The molecule has 0 N–H and O–H groups in total. The summed E-state index contributed by atoms with van der Waals surface area (Å²) < 4.78 is 3.47. The highest BCUT2D eigenvalue weighted by Crippen LogP contribution is 2.31. The van der Waals surface area contributed by atoms with E-state index in [1.807, 2.05) is 18.2 Å². The average Bonchev–Trinajstić information content (AvgIpc) is 2.85. The first-order chi connectivity index (χ1) is 10.7. The molecular formula is C18H12IN3. The van der Waals surface area contributed by atoms with E-state index < -0.39 is 0 Å². The summed E-state index contributed by atoms with van der Waals surface area (Å²) in [5.41, 5.74) is 3.37. The van der Waals surface area contributed by atoms with E-state index in [1.54, 1.807) is 6.08 Å². The Morgan fingerprint density at radius 1 is 1.09 bits per heavy atom. The number of allylic oxidation sites excluding steroid dienone is 1. The maximum Gasteiger partial charge on any atom is 0.130 e. The monoisotopic (exact) mass is 397 g/mol. The van der Waals surface area contributed by atoms with Gasteiger partial charge in [0.25, 0.3) is 0 Å². The number of rotatable bonds is 2. The smallest absolute Gasteiger partial charge is 0.130 e. The molecule has 0 amide bonds. The fourth-order valence-corrected chi connectivity index (χ4v) is 3.27. The van der Waals surface area contributed by atoms with Crippen LogP contribution in [-0.2, 0) is 6.54 Å². The second-order valence-corrected chi connectivity index (χ2v) is 6.21. The molecule has 106 valence electrons. The Bertz CT molecular complexity index is 981. The topological polar surface area (TPSA) is 52.5 Å². The van der Waals surface area contributed by atoms with Gasteiger partial charge >= 0.3 is 0 Å². The van der Waals surface area contributed by atoms with E-state index in [-0.39, 0.29) is 5.57 Å². The molecule has 0 saturated heterocycles. The van der Waals surface area contributed by atoms with Gasteiger partial charge in [-0.25, -0.2) is 0 Å². The fraction of sp³-hybridized carbons (Fsp3) is 0.111. The molecule has 0 spiro atoms. The van der Waals surface area contributed by atoms with E-state index in [9.17, 15) is 0 Å². The number of halogens is 1. The van der Waals surface area contributed by atoms with Crippen LogP contribution in [0.4, 0.5) is 0 Å². The van der Waals surface area contributed by atoms with Gasteiger partial charge in [0, 0.05) is 31.9 Å². The predicted octanol–water partition coefficient (Wildman–Crippen LogP) is 4.85. The van der Waals surface area contributed by atoms with Crippen LogP contribution in [0.15, 0.2) is 42.0 Å². The molecule has 0 radical (unpaired) electrons. The number of aryl methyl sites for hydroxylation is 1. The molecule has 3 nitrogen and oxygen atoms in total. The van der Waals surface area contributed by atoms with Crippen LogP contribution in [0.25, 0.3) is 27.9 Å². The van der Waals surface area contributed by atoms with Crippen molar-refractivity contribution in [1.82, 2.24) is 4.57 Å². The summed E-state index contributed by atoms with van der Waals surface area (Å²) in [5, 5.41) is 20.2. The van der Waals surface area contributed by atoms with E-state index in [0.717, 1.165) is 17.5 Å². The van der Waals surface area contributed by atoms with Crippen LogP contribution in [0.1, 0.15) is 12.5 Å². The van der Waals surface area contributed by atoms with Crippen molar-refractivity contribution in [2.75, 3.05) is 0 Å². The Hall–Kier alpha value is -2.31. The maximum absolute atomic E-state index is 8.91. The lowest BCUT2D eigenvalue weighted by molar-refractivity contribution is 0.827. The third-order valence-electron chi connectivity index (χ3n) is 3.72. The molecule has 0 bridgehead atoms. The molecule has 22 heavy (non-hydrogen) atoms. The molecule has 0 aliphatic rings. The Morgan fingerprint density at radius 2 is 1.73 bits per heavy atom. The SMILES string of the molecule is CCn1c2ccc(I)cc2c2cc(C=C(C#N)C#N)ccc21. The van der Waals surface area contributed by atoms with Crippen molar-refractivity contribution in [3.05, 3.63) is 51.1 Å². The van der Waals surface area contributed by atoms with Gasteiger partial charge in [0.05, 0.1) is 0 Å². The Labute approximate surface area is 142 Å². The largest absolute Gasteiger partial charge is 0.341 e. The molecule has 0 unspecified atom stereocenters. The molecule has 1 heterocycles. The van der Waals surface area contributed by atoms with E-state index in [0.29, 0.717) is 0 Å². The van der Waals surface area contributed by atoms with Gasteiger partial charge in [0.2, 0.25) is 0 Å². The Balaban J connectivity index is 2.35. The van der Waals surface area contributed by atoms with Crippen LogP contribution < -0.4 is 0 Å². The number of aromatic nitrogens is 1. The highest BCUT2D eigenvalue weighted by molar-refractivity contribution is 14.1. The van der Waals surface area contributed by atoms with Gasteiger partial charge in [-0.05, 0) is 71.5 Å². The number of benzene rings is 2. The zero-order valence-corrected chi connectivity index (χ0v) is 14.1. The second kappa shape index (κ2) is 5.82. The lowest BCUT2D eigenvalue weighted by Crippen LogP contribution is -1.92. The normalized spacial score (nSPS) is 10.4. The number of nitrogens with zero attached hydrogens (tertiary/aromatic N) is 3. The van der Waals surface area contributed by atoms with E-state index in [1.165, 1.54) is 20.0 Å². The lowest BCUT2D eigenvalue weighted by atomic mass is 10.1. The van der Waals surface area contributed by atoms with E-state index >= 15 is 0 Å². The molecule has 0 aliphatic heterocycles. The van der Waals surface area contributed by atoms with E-state index in [4.69, 9.17) is 10.5 Å². The summed E-state index contributed by atoms with van der Waals surface area (Å²) in [7, 11) is 0. The molecule has 2 aromatic carbocycles. The molecule has 3 aromatic rings.